The van der Waals surface area contributed by atoms with E-state index < -0.39 is 28.1 Å². The van der Waals surface area contributed by atoms with Gasteiger partial charge in [-0.05, 0) is 49.2 Å². The van der Waals surface area contributed by atoms with Crippen molar-refractivity contribution in [2.24, 2.45) is 5.92 Å². The Labute approximate surface area is 188 Å². The highest BCUT2D eigenvalue weighted by atomic mass is 32.2. The first-order valence-corrected chi connectivity index (χ1v) is 11.6. The molecule has 2 aromatic rings. The van der Waals surface area contributed by atoms with Crippen molar-refractivity contribution >= 4 is 21.6 Å². The van der Waals surface area contributed by atoms with Crippen molar-refractivity contribution in [3.05, 3.63) is 42.5 Å². The van der Waals surface area contributed by atoms with Gasteiger partial charge in [0.05, 0.1) is 4.90 Å². The number of alkyl halides is 3. The summed E-state index contributed by atoms with van der Waals surface area (Å²) in [5.41, 5.74) is 0.320. The van der Waals surface area contributed by atoms with Gasteiger partial charge >= 0.3 is 6.36 Å². The van der Waals surface area contributed by atoms with Crippen LogP contribution in [0.4, 0.5) is 18.9 Å². The summed E-state index contributed by atoms with van der Waals surface area (Å²) in [6.07, 6.45) is -4.17. The largest absolute Gasteiger partial charge is 0.573 e. The fourth-order valence-electron chi connectivity index (χ4n) is 3.68. The zero-order chi connectivity index (χ0) is 23.6. The quantitative estimate of drug-likeness (QED) is 0.697. The second-order valence-corrected chi connectivity index (χ2v) is 9.48. The molecule has 2 aliphatic heterocycles. The van der Waals surface area contributed by atoms with Gasteiger partial charge in [-0.25, -0.2) is 8.42 Å². The Morgan fingerprint density at radius 3 is 2.27 bits per heavy atom. The monoisotopic (exact) mass is 486 g/mol. The van der Waals surface area contributed by atoms with E-state index in [4.69, 9.17) is 9.47 Å². The average Bonchev–Trinajstić information content (AvgIpc) is 2.79. The molecule has 0 radical (unpaired) electrons. The summed E-state index contributed by atoms with van der Waals surface area (Å²) < 4.78 is 78.7. The third-order valence-corrected chi connectivity index (χ3v) is 7.23. The minimum atomic E-state index is -4.79. The van der Waals surface area contributed by atoms with Crippen molar-refractivity contribution in [2.75, 3.05) is 31.6 Å². The number of halogens is 3. The zero-order valence-electron chi connectivity index (χ0n) is 17.3. The molecule has 1 N–H and O–H groups in total. The number of hydrogen-bond acceptors (Lipinski definition) is 6. The first-order chi connectivity index (χ1) is 15.6. The van der Waals surface area contributed by atoms with E-state index >= 15 is 0 Å². The van der Waals surface area contributed by atoms with Crippen LogP contribution < -0.4 is 19.5 Å². The number of hydrogen-bond donors (Lipinski definition) is 1. The molecule has 0 aromatic heterocycles. The highest BCUT2D eigenvalue weighted by molar-refractivity contribution is 7.89. The van der Waals surface area contributed by atoms with E-state index in [1.807, 2.05) is 0 Å². The van der Waals surface area contributed by atoms with Crippen molar-refractivity contribution in [1.29, 1.82) is 0 Å². The summed E-state index contributed by atoms with van der Waals surface area (Å²) >= 11 is 0. The Morgan fingerprint density at radius 2 is 1.64 bits per heavy atom. The molecule has 4 rings (SSSR count). The minimum absolute atomic E-state index is 0.0933. The second kappa shape index (κ2) is 9.10. The molecule has 0 aliphatic carbocycles. The number of benzene rings is 2. The lowest BCUT2D eigenvalue weighted by Gasteiger charge is -2.30. The fourth-order valence-corrected chi connectivity index (χ4v) is 5.16. The number of carbonyl (C=O) groups is 1. The zero-order valence-corrected chi connectivity index (χ0v) is 18.1. The number of fused-ring (bicyclic) bond motifs is 1. The van der Waals surface area contributed by atoms with Crippen LogP contribution in [0.25, 0.3) is 0 Å². The van der Waals surface area contributed by atoms with Crippen LogP contribution in [-0.4, -0.2) is 51.3 Å². The molecule has 1 saturated heterocycles. The van der Waals surface area contributed by atoms with E-state index in [1.54, 1.807) is 6.07 Å². The third-order valence-electron chi connectivity index (χ3n) is 5.33. The van der Waals surface area contributed by atoms with Crippen LogP contribution in [0.2, 0.25) is 0 Å². The number of amides is 1. The van der Waals surface area contributed by atoms with Gasteiger partial charge in [0.2, 0.25) is 15.9 Å². The fraction of sp³-hybridized carbons (Fsp3) is 0.381. The Bertz CT molecular complexity index is 1110. The molecular weight excluding hydrogens is 465 g/mol. The van der Waals surface area contributed by atoms with Crippen molar-refractivity contribution in [3.8, 4) is 17.2 Å². The molecule has 33 heavy (non-hydrogen) atoms. The van der Waals surface area contributed by atoms with Crippen LogP contribution in [0.5, 0.6) is 17.2 Å². The smallest absolute Gasteiger partial charge is 0.486 e. The maximum Gasteiger partial charge on any atom is 0.573 e. The lowest BCUT2D eigenvalue weighted by atomic mass is 9.97. The topological polar surface area (TPSA) is 94.2 Å². The molecule has 0 atom stereocenters. The third kappa shape index (κ3) is 5.50. The van der Waals surface area contributed by atoms with E-state index in [9.17, 15) is 26.4 Å². The highest BCUT2D eigenvalue weighted by Gasteiger charge is 2.33. The Morgan fingerprint density at radius 1 is 1.00 bits per heavy atom. The van der Waals surface area contributed by atoms with Crippen LogP contribution in [0.15, 0.2) is 47.4 Å². The number of ether oxygens (including phenoxy) is 3. The SMILES string of the molecule is O=C(Nc1ccc(OC(F)(F)F)cc1)C1CCN(S(=O)(=O)c2ccc3c(c2)OCCO3)CC1. The minimum Gasteiger partial charge on any atom is -0.486 e. The predicted octanol–water partition coefficient (Wildman–Crippen LogP) is 3.40. The lowest BCUT2D eigenvalue weighted by molar-refractivity contribution is -0.274. The summed E-state index contributed by atoms with van der Waals surface area (Å²) in [7, 11) is -3.76. The van der Waals surface area contributed by atoms with Gasteiger partial charge in [-0.1, -0.05) is 0 Å². The average molecular weight is 486 g/mol. The molecule has 12 heteroatoms. The van der Waals surface area contributed by atoms with Gasteiger partial charge in [0, 0.05) is 30.8 Å². The van der Waals surface area contributed by atoms with E-state index in [1.165, 1.54) is 28.6 Å². The van der Waals surface area contributed by atoms with Gasteiger partial charge in [-0.3, -0.25) is 4.79 Å². The number of anilines is 1. The van der Waals surface area contributed by atoms with Crippen molar-refractivity contribution in [1.82, 2.24) is 4.31 Å². The number of sulfonamides is 1. The van der Waals surface area contributed by atoms with Crippen LogP contribution in [-0.2, 0) is 14.8 Å². The molecule has 2 aliphatic rings. The van der Waals surface area contributed by atoms with E-state index in [0.29, 0.717) is 43.2 Å². The maximum atomic E-state index is 13.0. The molecule has 1 amide bonds. The molecule has 178 valence electrons. The van der Waals surface area contributed by atoms with Gasteiger partial charge in [-0.2, -0.15) is 4.31 Å². The number of rotatable bonds is 5. The van der Waals surface area contributed by atoms with Crippen LogP contribution in [0.1, 0.15) is 12.8 Å². The van der Waals surface area contributed by atoms with Crippen LogP contribution in [0.3, 0.4) is 0 Å². The molecular formula is C21H21F3N2O6S. The Kier molecular flexibility index (Phi) is 6.39. The molecule has 0 unspecified atom stereocenters. The lowest BCUT2D eigenvalue weighted by Crippen LogP contribution is -2.41. The van der Waals surface area contributed by atoms with Gasteiger partial charge < -0.3 is 19.5 Å². The van der Waals surface area contributed by atoms with E-state index in [0.717, 1.165) is 12.1 Å². The molecule has 2 heterocycles. The Balaban J connectivity index is 1.34. The number of nitrogens with one attached hydrogen (secondary N) is 1. The molecule has 2 aromatic carbocycles. The van der Waals surface area contributed by atoms with Crippen LogP contribution >= 0.6 is 0 Å². The maximum absolute atomic E-state index is 13.0. The highest BCUT2D eigenvalue weighted by Crippen LogP contribution is 2.34. The second-order valence-electron chi connectivity index (χ2n) is 7.55. The first-order valence-electron chi connectivity index (χ1n) is 10.2. The number of nitrogens with zero attached hydrogens (tertiary/aromatic N) is 1. The summed E-state index contributed by atoms with van der Waals surface area (Å²) in [5.74, 6) is -0.270. The summed E-state index contributed by atoms with van der Waals surface area (Å²) in [5, 5.41) is 2.65. The van der Waals surface area contributed by atoms with Gasteiger partial charge in [-0.15, -0.1) is 13.2 Å². The molecule has 1 fully saturated rings. The summed E-state index contributed by atoms with van der Waals surface area (Å²) in [6.45, 7) is 1.07. The summed E-state index contributed by atoms with van der Waals surface area (Å²) in [4.78, 5) is 12.6. The standard InChI is InChI=1S/C21H21F3N2O6S/c22-21(23,24)32-16-3-1-15(2-4-16)25-20(27)14-7-9-26(10-8-14)33(28,29)17-5-6-18-19(13-17)31-12-11-30-18/h1-6,13-14H,7-12H2,(H,25,27). The van der Waals surface area contributed by atoms with Crippen LogP contribution in [0, 0.1) is 5.92 Å². The van der Waals surface area contributed by atoms with Crippen molar-refractivity contribution < 1.29 is 40.6 Å². The van der Waals surface area contributed by atoms with Gasteiger partial charge in [0.1, 0.15) is 19.0 Å². The first kappa shape index (κ1) is 23.2. The molecule has 0 saturated carbocycles. The van der Waals surface area contributed by atoms with Crippen molar-refractivity contribution in [2.45, 2.75) is 24.1 Å². The van der Waals surface area contributed by atoms with Gasteiger partial charge in [0.15, 0.2) is 11.5 Å². The molecule has 0 bridgehead atoms. The van der Waals surface area contributed by atoms with E-state index in [2.05, 4.69) is 10.1 Å². The van der Waals surface area contributed by atoms with Gasteiger partial charge in [0.25, 0.3) is 0 Å². The number of carbonyl (C=O) groups excluding carboxylic acids is 1. The molecule has 8 nitrogen and oxygen atoms in total. The number of piperidine rings is 1. The summed E-state index contributed by atoms with van der Waals surface area (Å²) in [6, 6.07) is 9.29. The van der Waals surface area contributed by atoms with E-state index in [-0.39, 0.29) is 23.9 Å². The predicted molar refractivity (Wildman–Crippen MR) is 111 cm³/mol. The van der Waals surface area contributed by atoms with Crippen molar-refractivity contribution in [3.63, 3.8) is 0 Å². The Hall–Kier alpha value is -2.99. The molecule has 0 spiro atoms. The normalized spacial score (nSPS) is 17.4.